The highest BCUT2D eigenvalue weighted by Gasteiger charge is 2.15. The fourth-order valence-corrected chi connectivity index (χ4v) is 2.94. The first kappa shape index (κ1) is 19.0. The SMILES string of the molecule is CCc1ccc(C(C)NC(=O)CCC2CCNCC2)cc1.Cl. The van der Waals surface area contributed by atoms with Gasteiger partial charge in [0, 0.05) is 6.42 Å². The van der Waals surface area contributed by atoms with Gasteiger partial charge in [-0.3, -0.25) is 4.79 Å². The van der Waals surface area contributed by atoms with Crippen LogP contribution in [-0.2, 0) is 11.2 Å². The molecule has 124 valence electrons. The van der Waals surface area contributed by atoms with Gasteiger partial charge in [-0.15, -0.1) is 12.4 Å². The molecule has 0 bridgehead atoms. The number of benzene rings is 1. The molecule has 1 aliphatic heterocycles. The van der Waals surface area contributed by atoms with Gasteiger partial charge < -0.3 is 10.6 Å². The van der Waals surface area contributed by atoms with Gasteiger partial charge in [-0.25, -0.2) is 0 Å². The number of carbonyl (C=O) groups excluding carboxylic acids is 1. The van der Waals surface area contributed by atoms with Crippen molar-refractivity contribution in [3.8, 4) is 0 Å². The number of piperidine rings is 1. The standard InChI is InChI=1S/C18H28N2O.ClH/c1-3-15-4-7-17(8-5-15)14(2)20-18(21)9-6-16-10-12-19-13-11-16;/h4-5,7-8,14,16,19H,3,6,9-13H2,1-2H3,(H,20,21);1H. The normalized spacial score (nSPS) is 16.6. The fraction of sp³-hybridized carbons (Fsp3) is 0.611. The van der Waals surface area contributed by atoms with Crippen LogP contribution in [0.4, 0.5) is 0 Å². The number of aryl methyl sites for hydroxylation is 1. The first-order chi connectivity index (χ1) is 10.2. The van der Waals surface area contributed by atoms with Crippen molar-refractivity contribution >= 4 is 18.3 Å². The van der Waals surface area contributed by atoms with Crippen molar-refractivity contribution in [3.05, 3.63) is 35.4 Å². The van der Waals surface area contributed by atoms with Crippen molar-refractivity contribution in [1.29, 1.82) is 0 Å². The van der Waals surface area contributed by atoms with E-state index < -0.39 is 0 Å². The summed E-state index contributed by atoms with van der Waals surface area (Å²) in [6.07, 6.45) is 5.15. The van der Waals surface area contributed by atoms with Crippen molar-refractivity contribution in [1.82, 2.24) is 10.6 Å². The van der Waals surface area contributed by atoms with Crippen molar-refractivity contribution in [3.63, 3.8) is 0 Å². The van der Waals surface area contributed by atoms with Gasteiger partial charge in [-0.05, 0) is 62.7 Å². The summed E-state index contributed by atoms with van der Waals surface area (Å²) in [7, 11) is 0. The van der Waals surface area contributed by atoms with Crippen LogP contribution in [0.2, 0.25) is 0 Å². The molecule has 4 heteroatoms. The Kier molecular flexibility index (Phi) is 8.51. The summed E-state index contributed by atoms with van der Waals surface area (Å²) < 4.78 is 0. The fourth-order valence-electron chi connectivity index (χ4n) is 2.94. The summed E-state index contributed by atoms with van der Waals surface area (Å²) in [5, 5.41) is 6.48. The minimum Gasteiger partial charge on any atom is -0.350 e. The molecule has 1 saturated heterocycles. The van der Waals surface area contributed by atoms with Crippen LogP contribution in [0.15, 0.2) is 24.3 Å². The molecule has 3 nitrogen and oxygen atoms in total. The van der Waals surface area contributed by atoms with Gasteiger partial charge in [0.2, 0.25) is 5.91 Å². The molecule has 2 rings (SSSR count). The maximum atomic E-state index is 12.1. The predicted molar refractivity (Wildman–Crippen MR) is 94.5 cm³/mol. The van der Waals surface area contributed by atoms with Crippen LogP contribution in [0.1, 0.15) is 56.7 Å². The topological polar surface area (TPSA) is 41.1 Å². The van der Waals surface area contributed by atoms with E-state index >= 15 is 0 Å². The zero-order valence-corrected chi connectivity index (χ0v) is 14.5. The minimum absolute atomic E-state index is 0. The van der Waals surface area contributed by atoms with Crippen LogP contribution in [0.5, 0.6) is 0 Å². The molecule has 0 aromatic heterocycles. The molecule has 0 saturated carbocycles. The number of nitrogens with one attached hydrogen (secondary N) is 2. The zero-order chi connectivity index (χ0) is 15.1. The Hall–Kier alpha value is -1.06. The van der Waals surface area contributed by atoms with E-state index in [1.165, 1.54) is 24.0 Å². The van der Waals surface area contributed by atoms with E-state index in [4.69, 9.17) is 0 Å². The number of halogens is 1. The lowest BCUT2D eigenvalue weighted by Gasteiger charge is -2.22. The third kappa shape index (κ3) is 5.98. The summed E-state index contributed by atoms with van der Waals surface area (Å²) >= 11 is 0. The Balaban J connectivity index is 0.00000242. The van der Waals surface area contributed by atoms with Crippen molar-refractivity contribution in [2.24, 2.45) is 5.92 Å². The lowest BCUT2D eigenvalue weighted by molar-refractivity contribution is -0.122. The number of hydrogen-bond acceptors (Lipinski definition) is 2. The van der Waals surface area contributed by atoms with Crippen molar-refractivity contribution < 1.29 is 4.79 Å². The van der Waals surface area contributed by atoms with Gasteiger partial charge in [0.05, 0.1) is 6.04 Å². The van der Waals surface area contributed by atoms with E-state index in [1.54, 1.807) is 0 Å². The maximum absolute atomic E-state index is 12.1. The van der Waals surface area contributed by atoms with Crippen LogP contribution in [0.3, 0.4) is 0 Å². The van der Waals surface area contributed by atoms with Gasteiger partial charge in [-0.2, -0.15) is 0 Å². The lowest BCUT2D eigenvalue weighted by atomic mass is 9.93. The summed E-state index contributed by atoms with van der Waals surface area (Å²) in [6, 6.07) is 8.63. The zero-order valence-electron chi connectivity index (χ0n) is 13.7. The third-order valence-corrected chi connectivity index (χ3v) is 4.50. The van der Waals surface area contributed by atoms with Gasteiger partial charge >= 0.3 is 0 Å². The third-order valence-electron chi connectivity index (χ3n) is 4.50. The molecule has 1 heterocycles. The smallest absolute Gasteiger partial charge is 0.220 e. The molecule has 1 aromatic rings. The molecule has 22 heavy (non-hydrogen) atoms. The van der Waals surface area contributed by atoms with Crippen LogP contribution in [-0.4, -0.2) is 19.0 Å². The van der Waals surface area contributed by atoms with E-state index in [2.05, 4.69) is 48.7 Å². The molecule has 0 aliphatic carbocycles. The van der Waals surface area contributed by atoms with E-state index in [-0.39, 0.29) is 24.4 Å². The summed E-state index contributed by atoms with van der Waals surface area (Å²) in [5.41, 5.74) is 2.52. The summed E-state index contributed by atoms with van der Waals surface area (Å²) in [4.78, 5) is 12.1. The van der Waals surface area contributed by atoms with Crippen LogP contribution < -0.4 is 10.6 Å². The van der Waals surface area contributed by atoms with Crippen LogP contribution in [0.25, 0.3) is 0 Å². The molecule has 1 aliphatic rings. The highest BCUT2D eigenvalue weighted by atomic mass is 35.5. The number of carbonyl (C=O) groups is 1. The quantitative estimate of drug-likeness (QED) is 0.839. The Morgan fingerprint density at radius 3 is 2.50 bits per heavy atom. The predicted octanol–water partition coefficient (Wildman–Crippen LogP) is 3.63. The number of rotatable bonds is 6. The van der Waals surface area contributed by atoms with E-state index in [0.29, 0.717) is 6.42 Å². The number of amides is 1. The van der Waals surface area contributed by atoms with Crippen molar-refractivity contribution in [2.75, 3.05) is 13.1 Å². The van der Waals surface area contributed by atoms with E-state index in [1.807, 2.05) is 0 Å². The highest BCUT2D eigenvalue weighted by molar-refractivity contribution is 5.85. The van der Waals surface area contributed by atoms with Gasteiger partial charge in [-0.1, -0.05) is 31.2 Å². The van der Waals surface area contributed by atoms with Crippen LogP contribution >= 0.6 is 12.4 Å². The highest BCUT2D eigenvalue weighted by Crippen LogP contribution is 2.18. The van der Waals surface area contributed by atoms with Gasteiger partial charge in [0.25, 0.3) is 0 Å². The molecule has 1 atom stereocenters. The van der Waals surface area contributed by atoms with Crippen molar-refractivity contribution in [2.45, 2.75) is 52.0 Å². The average molecular weight is 325 g/mol. The Morgan fingerprint density at radius 2 is 1.91 bits per heavy atom. The maximum Gasteiger partial charge on any atom is 0.220 e. The molecular formula is C18H29ClN2O. The second-order valence-corrected chi connectivity index (χ2v) is 6.12. The monoisotopic (exact) mass is 324 g/mol. The Morgan fingerprint density at radius 1 is 1.27 bits per heavy atom. The van der Waals surface area contributed by atoms with Crippen LogP contribution in [0, 0.1) is 5.92 Å². The number of hydrogen-bond donors (Lipinski definition) is 2. The molecule has 1 amide bonds. The summed E-state index contributed by atoms with van der Waals surface area (Å²) in [6.45, 7) is 6.42. The second-order valence-electron chi connectivity index (χ2n) is 6.12. The van der Waals surface area contributed by atoms with E-state index in [9.17, 15) is 4.79 Å². The second kappa shape index (κ2) is 9.86. The van der Waals surface area contributed by atoms with Gasteiger partial charge in [0.15, 0.2) is 0 Å². The molecule has 1 aromatic carbocycles. The average Bonchev–Trinajstić information content (AvgIpc) is 2.54. The Labute approximate surface area is 140 Å². The van der Waals surface area contributed by atoms with E-state index in [0.717, 1.165) is 31.8 Å². The molecular weight excluding hydrogens is 296 g/mol. The lowest BCUT2D eigenvalue weighted by Crippen LogP contribution is -2.30. The summed E-state index contributed by atoms with van der Waals surface area (Å²) in [5.74, 6) is 0.900. The van der Waals surface area contributed by atoms with Gasteiger partial charge in [0.1, 0.15) is 0 Å². The first-order valence-corrected chi connectivity index (χ1v) is 8.28. The molecule has 1 unspecified atom stereocenters. The molecule has 1 fully saturated rings. The molecule has 0 radical (unpaired) electrons. The molecule has 2 N–H and O–H groups in total. The largest absolute Gasteiger partial charge is 0.350 e. The molecule has 0 spiro atoms. The first-order valence-electron chi connectivity index (χ1n) is 8.28. The minimum atomic E-state index is 0. The Bertz CT molecular complexity index is 441.